The highest BCUT2D eigenvalue weighted by molar-refractivity contribution is 5.30. The average Bonchev–Trinajstić information content (AvgIpc) is 2.80. The highest BCUT2D eigenvalue weighted by Gasteiger charge is 2.15. The highest BCUT2D eigenvalue weighted by atomic mass is 16.5. The first kappa shape index (κ1) is 11.6. The van der Waals surface area contributed by atoms with Crippen LogP contribution in [0.15, 0.2) is 18.2 Å². The van der Waals surface area contributed by atoms with Crippen molar-refractivity contribution in [1.29, 1.82) is 0 Å². The molecule has 2 heteroatoms. The van der Waals surface area contributed by atoms with Crippen LogP contribution in [0.3, 0.4) is 0 Å². The van der Waals surface area contributed by atoms with Crippen molar-refractivity contribution in [3.63, 3.8) is 0 Å². The molecule has 0 radical (unpaired) electrons. The van der Waals surface area contributed by atoms with Gasteiger partial charge in [-0.05, 0) is 36.5 Å². The van der Waals surface area contributed by atoms with Gasteiger partial charge >= 0.3 is 0 Å². The molecule has 0 atom stereocenters. The Morgan fingerprint density at radius 2 is 2.06 bits per heavy atom. The highest BCUT2D eigenvalue weighted by Crippen LogP contribution is 2.22. The number of rotatable bonds is 4. The molecule has 88 valence electrons. The van der Waals surface area contributed by atoms with Gasteiger partial charge in [-0.3, -0.25) is 0 Å². The molecule has 1 aliphatic carbocycles. The van der Waals surface area contributed by atoms with Crippen LogP contribution in [-0.2, 0) is 17.9 Å². The summed E-state index contributed by atoms with van der Waals surface area (Å²) >= 11 is 0. The summed E-state index contributed by atoms with van der Waals surface area (Å²) in [5, 5.41) is 0. The van der Waals surface area contributed by atoms with E-state index in [1.54, 1.807) is 0 Å². The fourth-order valence-electron chi connectivity index (χ4n) is 2.31. The fraction of sp³-hybridized carbons (Fsp3) is 0.571. The lowest BCUT2D eigenvalue weighted by Gasteiger charge is -2.13. The van der Waals surface area contributed by atoms with Gasteiger partial charge in [0, 0.05) is 6.54 Å². The van der Waals surface area contributed by atoms with Gasteiger partial charge < -0.3 is 10.5 Å². The van der Waals surface area contributed by atoms with Crippen LogP contribution in [0.5, 0.6) is 0 Å². The van der Waals surface area contributed by atoms with E-state index in [0.29, 0.717) is 12.6 Å². The number of hydrogen-bond acceptors (Lipinski definition) is 2. The zero-order valence-corrected chi connectivity index (χ0v) is 10.0. The van der Waals surface area contributed by atoms with E-state index < -0.39 is 0 Å². The molecule has 2 rings (SSSR count). The van der Waals surface area contributed by atoms with Crippen molar-refractivity contribution in [3.05, 3.63) is 34.9 Å². The van der Waals surface area contributed by atoms with Crippen LogP contribution in [0, 0.1) is 6.92 Å². The molecule has 0 amide bonds. The first-order valence-electron chi connectivity index (χ1n) is 6.19. The fourth-order valence-corrected chi connectivity index (χ4v) is 2.31. The van der Waals surface area contributed by atoms with E-state index in [-0.39, 0.29) is 0 Å². The third-order valence-electron chi connectivity index (χ3n) is 3.42. The van der Waals surface area contributed by atoms with Gasteiger partial charge in [0.05, 0.1) is 12.7 Å². The first-order chi connectivity index (χ1) is 7.79. The van der Waals surface area contributed by atoms with Crippen molar-refractivity contribution in [3.8, 4) is 0 Å². The van der Waals surface area contributed by atoms with Crippen LogP contribution in [0.2, 0.25) is 0 Å². The smallest absolute Gasteiger partial charge is 0.0723 e. The maximum absolute atomic E-state index is 5.91. The SMILES string of the molecule is Cc1cc(CN)ccc1COC1CCCC1. The largest absolute Gasteiger partial charge is 0.374 e. The zero-order chi connectivity index (χ0) is 11.4. The molecule has 0 aromatic heterocycles. The minimum atomic E-state index is 0.494. The number of ether oxygens (including phenoxy) is 1. The van der Waals surface area contributed by atoms with Gasteiger partial charge in [-0.2, -0.15) is 0 Å². The van der Waals surface area contributed by atoms with E-state index in [0.717, 1.165) is 6.61 Å². The normalized spacial score (nSPS) is 16.9. The lowest BCUT2D eigenvalue weighted by atomic mass is 10.1. The van der Waals surface area contributed by atoms with Crippen LogP contribution in [0.1, 0.15) is 42.4 Å². The number of benzene rings is 1. The van der Waals surface area contributed by atoms with Gasteiger partial charge in [0.15, 0.2) is 0 Å². The van der Waals surface area contributed by atoms with E-state index in [4.69, 9.17) is 10.5 Å². The Balaban J connectivity index is 1.93. The predicted molar refractivity (Wildman–Crippen MR) is 66.1 cm³/mol. The Kier molecular flexibility index (Phi) is 3.97. The molecule has 0 unspecified atom stereocenters. The van der Waals surface area contributed by atoms with Crippen LogP contribution in [0.4, 0.5) is 0 Å². The number of aryl methyl sites for hydroxylation is 1. The van der Waals surface area contributed by atoms with Gasteiger partial charge in [-0.25, -0.2) is 0 Å². The van der Waals surface area contributed by atoms with Crippen LogP contribution >= 0.6 is 0 Å². The summed E-state index contributed by atoms with van der Waals surface area (Å²) in [6.07, 6.45) is 5.62. The summed E-state index contributed by atoms with van der Waals surface area (Å²) < 4.78 is 5.91. The van der Waals surface area contributed by atoms with E-state index in [1.165, 1.54) is 42.4 Å². The molecular weight excluding hydrogens is 198 g/mol. The van der Waals surface area contributed by atoms with Crippen molar-refractivity contribution in [2.75, 3.05) is 0 Å². The minimum absolute atomic E-state index is 0.494. The Hall–Kier alpha value is -0.860. The number of hydrogen-bond donors (Lipinski definition) is 1. The summed E-state index contributed by atoms with van der Waals surface area (Å²) in [5.74, 6) is 0. The van der Waals surface area contributed by atoms with Gasteiger partial charge in [-0.15, -0.1) is 0 Å². The van der Waals surface area contributed by atoms with E-state index in [9.17, 15) is 0 Å². The minimum Gasteiger partial charge on any atom is -0.374 e. The monoisotopic (exact) mass is 219 g/mol. The van der Waals surface area contributed by atoms with Crippen LogP contribution in [0.25, 0.3) is 0 Å². The molecular formula is C14H21NO. The lowest BCUT2D eigenvalue weighted by Crippen LogP contribution is -2.08. The van der Waals surface area contributed by atoms with Crippen molar-refractivity contribution in [2.45, 2.75) is 51.9 Å². The molecule has 0 aliphatic heterocycles. The van der Waals surface area contributed by atoms with Gasteiger partial charge in [0.25, 0.3) is 0 Å². The van der Waals surface area contributed by atoms with E-state index >= 15 is 0 Å². The Bertz CT molecular complexity index is 343. The van der Waals surface area contributed by atoms with Crippen molar-refractivity contribution in [1.82, 2.24) is 0 Å². The average molecular weight is 219 g/mol. The standard InChI is InChI=1S/C14H21NO/c1-11-8-12(9-15)6-7-13(11)10-16-14-4-2-3-5-14/h6-8,14H,2-5,9-10,15H2,1H3. The molecule has 2 nitrogen and oxygen atoms in total. The van der Waals surface area contributed by atoms with Crippen molar-refractivity contribution >= 4 is 0 Å². The molecule has 0 heterocycles. The number of nitrogens with two attached hydrogens (primary N) is 1. The molecule has 1 saturated carbocycles. The Morgan fingerprint density at radius 1 is 1.31 bits per heavy atom. The summed E-state index contributed by atoms with van der Waals surface area (Å²) in [7, 11) is 0. The summed E-state index contributed by atoms with van der Waals surface area (Å²) in [6, 6.07) is 6.40. The second-order valence-electron chi connectivity index (χ2n) is 4.68. The topological polar surface area (TPSA) is 35.2 Å². The van der Waals surface area contributed by atoms with Gasteiger partial charge in [0.1, 0.15) is 0 Å². The summed E-state index contributed by atoms with van der Waals surface area (Å²) in [5.41, 5.74) is 9.40. The maximum Gasteiger partial charge on any atom is 0.0723 e. The molecule has 1 aromatic carbocycles. The lowest BCUT2D eigenvalue weighted by molar-refractivity contribution is 0.0454. The van der Waals surface area contributed by atoms with Gasteiger partial charge in [-0.1, -0.05) is 31.0 Å². The zero-order valence-electron chi connectivity index (χ0n) is 10.0. The third kappa shape index (κ3) is 2.83. The second kappa shape index (κ2) is 5.46. The first-order valence-corrected chi connectivity index (χ1v) is 6.19. The molecule has 2 N–H and O–H groups in total. The second-order valence-corrected chi connectivity index (χ2v) is 4.68. The molecule has 0 saturated heterocycles. The molecule has 1 aromatic rings. The van der Waals surface area contributed by atoms with Gasteiger partial charge in [0.2, 0.25) is 0 Å². The predicted octanol–water partition coefficient (Wildman–Crippen LogP) is 2.91. The molecule has 16 heavy (non-hydrogen) atoms. The molecule has 1 fully saturated rings. The quantitative estimate of drug-likeness (QED) is 0.845. The Labute approximate surface area is 97.8 Å². The van der Waals surface area contributed by atoms with Crippen molar-refractivity contribution < 1.29 is 4.74 Å². The summed E-state index contributed by atoms with van der Waals surface area (Å²) in [4.78, 5) is 0. The van der Waals surface area contributed by atoms with Crippen LogP contribution in [-0.4, -0.2) is 6.10 Å². The molecule has 0 spiro atoms. The Morgan fingerprint density at radius 3 is 2.69 bits per heavy atom. The third-order valence-corrected chi connectivity index (χ3v) is 3.42. The maximum atomic E-state index is 5.91. The van der Waals surface area contributed by atoms with Crippen LogP contribution < -0.4 is 5.73 Å². The molecule has 0 bridgehead atoms. The van der Waals surface area contributed by atoms with E-state index in [1.807, 2.05) is 0 Å². The molecule has 1 aliphatic rings. The van der Waals surface area contributed by atoms with Crippen molar-refractivity contribution in [2.24, 2.45) is 5.73 Å². The van der Waals surface area contributed by atoms with E-state index in [2.05, 4.69) is 25.1 Å². The summed E-state index contributed by atoms with van der Waals surface area (Å²) in [6.45, 7) is 3.50.